The van der Waals surface area contributed by atoms with Gasteiger partial charge in [0.05, 0.1) is 18.4 Å². The first-order valence-corrected chi connectivity index (χ1v) is 8.92. The van der Waals surface area contributed by atoms with Gasteiger partial charge in [0.2, 0.25) is 0 Å². The number of anilines is 1. The zero-order valence-electron chi connectivity index (χ0n) is 16.0. The smallest absolute Gasteiger partial charge is 0.255 e. The summed E-state index contributed by atoms with van der Waals surface area (Å²) in [5.41, 5.74) is 2.28. The van der Waals surface area contributed by atoms with Gasteiger partial charge in [-0.2, -0.15) is 0 Å². The molecule has 2 aromatic rings. The Morgan fingerprint density at radius 2 is 1.89 bits per heavy atom. The van der Waals surface area contributed by atoms with Crippen molar-refractivity contribution in [3.63, 3.8) is 0 Å². The van der Waals surface area contributed by atoms with Gasteiger partial charge in [0, 0.05) is 12.1 Å². The van der Waals surface area contributed by atoms with Crippen molar-refractivity contribution in [3.8, 4) is 5.75 Å². The highest BCUT2D eigenvalue weighted by Gasteiger charge is 2.15. The van der Waals surface area contributed by atoms with E-state index in [-0.39, 0.29) is 11.8 Å². The van der Waals surface area contributed by atoms with Crippen molar-refractivity contribution in [3.05, 3.63) is 71.8 Å². The van der Waals surface area contributed by atoms with Gasteiger partial charge in [-0.1, -0.05) is 32.1 Å². The molecular weight excluding hydrogens is 340 g/mol. The molecule has 2 amide bonds. The lowest BCUT2D eigenvalue weighted by Crippen LogP contribution is -2.28. The summed E-state index contributed by atoms with van der Waals surface area (Å²) in [5, 5.41) is 5.71. The predicted octanol–water partition coefficient (Wildman–Crippen LogP) is 4.06. The zero-order chi connectivity index (χ0) is 19.8. The zero-order valence-corrected chi connectivity index (χ0v) is 16.0. The first kappa shape index (κ1) is 20.2. The van der Waals surface area contributed by atoms with Crippen LogP contribution in [0.25, 0.3) is 0 Å². The van der Waals surface area contributed by atoms with Crippen LogP contribution in [0.4, 0.5) is 5.69 Å². The standard InChI is InChI=1S/C22H26N2O3/c1-5-8-16-13-17(11-12-20(16)27-4)21(25)24-19-10-7-6-9-18(19)22(26)23-14-15(2)3/h5-7,9-13,15H,1,8,14H2,2-4H3,(H,23,26)(H,24,25). The molecule has 0 unspecified atom stereocenters. The van der Waals surface area contributed by atoms with Gasteiger partial charge >= 0.3 is 0 Å². The van der Waals surface area contributed by atoms with Crippen LogP contribution in [0.2, 0.25) is 0 Å². The SMILES string of the molecule is C=CCc1cc(C(=O)Nc2ccccc2C(=O)NCC(C)C)ccc1OC. The van der Waals surface area contributed by atoms with Crippen LogP contribution in [0.5, 0.6) is 5.75 Å². The van der Waals surface area contributed by atoms with E-state index in [0.29, 0.717) is 41.4 Å². The lowest BCUT2D eigenvalue weighted by Gasteiger charge is -2.13. The minimum atomic E-state index is -0.285. The number of allylic oxidation sites excluding steroid dienone is 1. The average Bonchev–Trinajstić information content (AvgIpc) is 2.66. The topological polar surface area (TPSA) is 67.4 Å². The third-order valence-electron chi connectivity index (χ3n) is 4.00. The number of rotatable bonds is 8. The fraction of sp³-hybridized carbons (Fsp3) is 0.273. The first-order chi connectivity index (χ1) is 13.0. The van der Waals surface area contributed by atoms with Crippen LogP contribution < -0.4 is 15.4 Å². The number of amides is 2. The van der Waals surface area contributed by atoms with Crippen molar-refractivity contribution in [2.24, 2.45) is 5.92 Å². The van der Waals surface area contributed by atoms with Crippen LogP contribution in [-0.4, -0.2) is 25.5 Å². The molecule has 5 nitrogen and oxygen atoms in total. The number of para-hydroxylation sites is 1. The van der Waals surface area contributed by atoms with Crippen LogP contribution in [0.15, 0.2) is 55.1 Å². The molecular formula is C22H26N2O3. The molecule has 0 aromatic heterocycles. The monoisotopic (exact) mass is 366 g/mol. The molecule has 27 heavy (non-hydrogen) atoms. The highest BCUT2D eigenvalue weighted by atomic mass is 16.5. The van der Waals surface area contributed by atoms with Crippen molar-refractivity contribution < 1.29 is 14.3 Å². The largest absolute Gasteiger partial charge is 0.496 e. The third-order valence-corrected chi connectivity index (χ3v) is 4.00. The second-order valence-corrected chi connectivity index (χ2v) is 6.62. The van der Waals surface area contributed by atoms with Crippen LogP contribution >= 0.6 is 0 Å². The Kier molecular flexibility index (Phi) is 7.17. The maximum Gasteiger partial charge on any atom is 0.255 e. The molecule has 5 heteroatoms. The van der Waals surface area contributed by atoms with E-state index in [1.54, 1.807) is 55.7 Å². The minimum Gasteiger partial charge on any atom is -0.496 e. The molecule has 0 atom stereocenters. The van der Waals surface area contributed by atoms with Gasteiger partial charge in [0.1, 0.15) is 5.75 Å². The number of nitrogens with one attached hydrogen (secondary N) is 2. The van der Waals surface area contributed by atoms with Gasteiger partial charge in [-0.25, -0.2) is 0 Å². The Bertz CT molecular complexity index is 828. The Morgan fingerprint density at radius 1 is 1.15 bits per heavy atom. The van der Waals surface area contributed by atoms with Crippen LogP contribution in [0.1, 0.15) is 40.1 Å². The number of hydrogen-bond donors (Lipinski definition) is 2. The average molecular weight is 366 g/mol. The number of benzene rings is 2. The highest BCUT2D eigenvalue weighted by molar-refractivity contribution is 6.09. The predicted molar refractivity (Wildman–Crippen MR) is 108 cm³/mol. The van der Waals surface area contributed by atoms with Crippen molar-refractivity contribution in [2.45, 2.75) is 20.3 Å². The second kappa shape index (κ2) is 9.57. The number of carbonyl (C=O) groups excluding carboxylic acids is 2. The van der Waals surface area contributed by atoms with E-state index in [9.17, 15) is 9.59 Å². The molecule has 0 aliphatic carbocycles. The van der Waals surface area contributed by atoms with Crippen molar-refractivity contribution in [2.75, 3.05) is 19.0 Å². The lowest BCUT2D eigenvalue weighted by molar-refractivity contribution is 0.0950. The number of carbonyl (C=O) groups is 2. The summed E-state index contributed by atoms with van der Waals surface area (Å²) >= 11 is 0. The Labute approximate surface area is 160 Å². The molecule has 0 aliphatic heterocycles. The van der Waals surface area contributed by atoms with E-state index in [1.807, 2.05) is 13.8 Å². The molecule has 0 saturated heterocycles. The van der Waals surface area contributed by atoms with Gasteiger partial charge in [-0.05, 0) is 48.2 Å². The quantitative estimate of drug-likeness (QED) is 0.692. The Morgan fingerprint density at radius 3 is 2.56 bits per heavy atom. The molecule has 0 saturated carbocycles. The molecule has 0 aliphatic rings. The van der Waals surface area contributed by atoms with Crippen molar-refractivity contribution in [1.82, 2.24) is 5.32 Å². The number of methoxy groups -OCH3 is 1. The van der Waals surface area contributed by atoms with E-state index in [2.05, 4.69) is 17.2 Å². The molecule has 0 fully saturated rings. The summed E-state index contributed by atoms with van der Waals surface area (Å²) in [6.07, 6.45) is 2.35. The fourth-order valence-electron chi connectivity index (χ4n) is 2.61. The molecule has 0 spiro atoms. The summed E-state index contributed by atoms with van der Waals surface area (Å²) in [7, 11) is 1.59. The van der Waals surface area contributed by atoms with Gasteiger partial charge in [0.15, 0.2) is 0 Å². The summed E-state index contributed by atoms with van der Waals surface area (Å²) in [4.78, 5) is 25.1. The Balaban J connectivity index is 2.22. The van der Waals surface area contributed by atoms with Crippen molar-refractivity contribution >= 4 is 17.5 Å². The van der Waals surface area contributed by atoms with E-state index in [4.69, 9.17) is 4.74 Å². The van der Waals surface area contributed by atoms with Gasteiger partial charge in [-0.3, -0.25) is 9.59 Å². The normalized spacial score (nSPS) is 10.4. The molecule has 2 rings (SSSR count). The maximum absolute atomic E-state index is 12.7. The molecule has 2 aromatic carbocycles. The van der Waals surface area contributed by atoms with Crippen LogP contribution in [-0.2, 0) is 6.42 Å². The summed E-state index contributed by atoms with van der Waals surface area (Å²) in [6, 6.07) is 12.2. The third kappa shape index (κ3) is 5.45. The van der Waals surface area contributed by atoms with Crippen LogP contribution in [0, 0.1) is 5.92 Å². The molecule has 142 valence electrons. The fourth-order valence-corrected chi connectivity index (χ4v) is 2.61. The minimum absolute atomic E-state index is 0.207. The van der Waals surface area contributed by atoms with E-state index in [1.165, 1.54) is 0 Å². The molecule has 2 N–H and O–H groups in total. The van der Waals surface area contributed by atoms with E-state index < -0.39 is 0 Å². The van der Waals surface area contributed by atoms with Gasteiger partial charge in [0.25, 0.3) is 11.8 Å². The summed E-state index contributed by atoms with van der Waals surface area (Å²) in [5.74, 6) is 0.562. The van der Waals surface area contributed by atoms with Crippen LogP contribution in [0.3, 0.4) is 0 Å². The van der Waals surface area contributed by atoms with Crippen molar-refractivity contribution in [1.29, 1.82) is 0 Å². The highest BCUT2D eigenvalue weighted by Crippen LogP contribution is 2.22. The number of hydrogen-bond acceptors (Lipinski definition) is 3. The molecule has 0 radical (unpaired) electrons. The Hall–Kier alpha value is -3.08. The summed E-state index contributed by atoms with van der Waals surface area (Å²) in [6.45, 7) is 8.36. The number of ether oxygens (including phenoxy) is 1. The second-order valence-electron chi connectivity index (χ2n) is 6.62. The maximum atomic E-state index is 12.7. The van der Waals surface area contributed by atoms with Gasteiger partial charge in [-0.15, -0.1) is 6.58 Å². The molecule has 0 heterocycles. The summed E-state index contributed by atoms with van der Waals surface area (Å²) < 4.78 is 5.32. The molecule has 0 bridgehead atoms. The first-order valence-electron chi connectivity index (χ1n) is 8.92. The van der Waals surface area contributed by atoms with Gasteiger partial charge < -0.3 is 15.4 Å². The van der Waals surface area contributed by atoms with E-state index >= 15 is 0 Å². The lowest BCUT2D eigenvalue weighted by atomic mass is 10.1. The van der Waals surface area contributed by atoms with E-state index in [0.717, 1.165) is 5.56 Å².